The molecule has 2 aromatic rings. The third-order valence-corrected chi connectivity index (χ3v) is 1.92. The number of hydrogen-bond donors (Lipinski definition) is 1. The lowest BCUT2D eigenvalue weighted by atomic mass is 10.2. The van der Waals surface area contributed by atoms with Crippen molar-refractivity contribution in [2.75, 3.05) is 0 Å². The molecule has 4 heteroatoms. The summed E-state index contributed by atoms with van der Waals surface area (Å²) in [5.74, 6) is 0. The molecule has 0 saturated heterocycles. The first-order chi connectivity index (χ1) is 6.40. The zero-order valence-corrected chi connectivity index (χ0v) is 8.45. The number of nitrogens with two attached hydrogens (primary N) is 1. The largest absolute Gasteiger partial charge is 0.326 e. The molecule has 0 amide bonds. The summed E-state index contributed by atoms with van der Waals surface area (Å²) in [4.78, 5) is 0. The van der Waals surface area contributed by atoms with Crippen LogP contribution in [0.5, 0.6) is 0 Å². The van der Waals surface area contributed by atoms with Crippen molar-refractivity contribution in [1.29, 1.82) is 0 Å². The van der Waals surface area contributed by atoms with Crippen LogP contribution < -0.4 is 5.73 Å². The van der Waals surface area contributed by atoms with Gasteiger partial charge in [0.2, 0.25) is 0 Å². The average molecular weight is 210 g/mol. The summed E-state index contributed by atoms with van der Waals surface area (Å²) in [5, 5.41) is 4.14. The van der Waals surface area contributed by atoms with Crippen molar-refractivity contribution in [3.8, 4) is 5.69 Å². The van der Waals surface area contributed by atoms with Gasteiger partial charge in [-0.15, -0.1) is 12.4 Å². The van der Waals surface area contributed by atoms with Crippen LogP contribution in [0.15, 0.2) is 42.7 Å². The lowest BCUT2D eigenvalue weighted by molar-refractivity contribution is 0.876. The molecule has 0 aliphatic carbocycles. The Morgan fingerprint density at radius 3 is 2.79 bits per heavy atom. The van der Waals surface area contributed by atoms with Gasteiger partial charge in [-0.05, 0) is 23.8 Å². The van der Waals surface area contributed by atoms with Gasteiger partial charge in [0.15, 0.2) is 0 Å². The molecule has 0 aliphatic heterocycles. The number of nitrogens with zero attached hydrogens (tertiary/aromatic N) is 2. The molecule has 0 atom stereocenters. The van der Waals surface area contributed by atoms with E-state index in [0.717, 1.165) is 11.3 Å². The summed E-state index contributed by atoms with van der Waals surface area (Å²) in [7, 11) is 0. The predicted octanol–water partition coefficient (Wildman–Crippen LogP) is 1.75. The average Bonchev–Trinajstić information content (AvgIpc) is 2.71. The van der Waals surface area contributed by atoms with E-state index >= 15 is 0 Å². The van der Waals surface area contributed by atoms with E-state index in [1.54, 1.807) is 6.20 Å². The number of halogens is 1. The van der Waals surface area contributed by atoms with E-state index in [4.69, 9.17) is 5.73 Å². The van der Waals surface area contributed by atoms with Gasteiger partial charge in [0.1, 0.15) is 0 Å². The first-order valence-corrected chi connectivity index (χ1v) is 4.19. The maximum absolute atomic E-state index is 5.54. The standard InChI is InChI=1S/C10H11N3.ClH/c11-8-9-3-1-4-10(7-9)13-6-2-5-12-13;/h1-7H,8,11H2;1H. The van der Waals surface area contributed by atoms with E-state index < -0.39 is 0 Å². The summed E-state index contributed by atoms with van der Waals surface area (Å²) < 4.78 is 1.82. The lowest BCUT2D eigenvalue weighted by Crippen LogP contribution is -1.99. The van der Waals surface area contributed by atoms with Crippen LogP contribution in [0.25, 0.3) is 5.69 Å². The third kappa shape index (κ3) is 2.13. The van der Waals surface area contributed by atoms with Crippen LogP contribution in [0.3, 0.4) is 0 Å². The van der Waals surface area contributed by atoms with E-state index in [0.29, 0.717) is 6.54 Å². The van der Waals surface area contributed by atoms with E-state index in [1.807, 2.05) is 41.2 Å². The monoisotopic (exact) mass is 209 g/mol. The van der Waals surface area contributed by atoms with Crippen LogP contribution in [-0.2, 0) is 6.54 Å². The normalized spacial score (nSPS) is 9.50. The Labute approximate surface area is 89.0 Å². The number of rotatable bonds is 2. The molecule has 1 aromatic carbocycles. The van der Waals surface area contributed by atoms with Gasteiger partial charge in [-0.2, -0.15) is 5.10 Å². The molecule has 2 rings (SSSR count). The summed E-state index contributed by atoms with van der Waals surface area (Å²) in [6, 6.07) is 9.93. The van der Waals surface area contributed by atoms with Crippen molar-refractivity contribution in [3.05, 3.63) is 48.3 Å². The van der Waals surface area contributed by atoms with E-state index in [1.165, 1.54) is 0 Å². The van der Waals surface area contributed by atoms with Crippen molar-refractivity contribution >= 4 is 12.4 Å². The predicted molar refractivity (Wildman–Crippen MR) is 58.7 cm³/mol. The second kappa shape index (κ2) is 4.79. The maximum atomic E-state index is 5.54. The van der Waals surface area contributed by atoms with Crippen molar-refractivity contribution in [3.63, 3.8) is 0 Å². The Kier molecular flexibility index (Phi) is 3.68. The Morgan fingerprint density at radius 2 is 2.14 bits per heavy atom. The molecule has 2 N–H and O–H groups in total. The van der Waals surface area contributed by atoms with Crippen LogP contribution in [0, 0.1) is 0 Å². The van der Waals surface area contributed by atoms with Crippen LogP contribution in [0.1, 0.15) is 5.56 Å². The van der Waals surface area contributed by atoms with Crippen LogP contribution in [0.4, 0.5) is 0 Å². The molecule has 0 spiro atoms. The van der Waals surface area contributed by atoms with E-state index in [9.17, 15) is 0 Å². The fraction of sp³-hybridized carbons (Fsp3) is 0.100. The molecule has 0 aliphatic rings. The molecular weight excluding hydrogens is 198 g/mol. The summed E-state index contributed by atoms with van der Waals surface area (Å²) >= 11 is 0. The highest BCUT2D eigenvalue weighted by atomic mass is 35.5. The topological polar surface area (TPSA) is 43.8 Å². The highest BCUT2D eigenvalue weighted by molar-refractivity contribution is 5.85. The highest BCUT2D eigenvalue weighted by Gasteiger charge is 1.95. The molecule has 3 nitrogen and oxygen atoms in total. The first kappa shape index (κ1) is 10.8. The molecule has 0 saturated carbocycles. The molecule has 0 bridgehead atoms. The minimum atomic E-state index is 0. The zero-order valence-electron chi connectivity index (χ0n) is 7.63. The number of aromatic nitrogens is 2. The fourth-order valence-electron chi connectivity index (χ4n) is 1.25. The highest BCUT2D eigenvalue weighted by Crippen LogP contribution is 2.08. The van der Waals surface area contributed by atoms with Crippen molar-refractivity contribution in [2.45, 2.75) is 6.54 Å². The molecule has 0 radical (unpaired) electrons. The minimum absolute atomic E-state index is 0. The summed E-state index contributed by atoms with van der Waals surface area (Å²) in [6.07, 6.45) is 3.67. The zero-order chi connectivity index (χ0) is 9.10. The van der Waals surface area contributed by atoms with Crippen molar-refractivity contribution < 1.29 is 0 Å². The SMILES string of the molecule is Cl.NCc1cccc(-n2cccn2)c1. The van der Waals surface area contributed by atoms with Crippen LogP contribution >= 0.6 is 12.4 Å². The molecule has 14 heavy (non-hydrogen) atoms. The molecule has 1 aromatic heterocycles. The maximum Gasteiger partial charge on any atom is 0.0648 e. The minimum Gasteiger partial charge on any atom is -0.326 e. The van der Waals surface area contributed by atoms with Gasteiger partial charge >= 0.3 is 0 Å². The molecule has 0 unspecified atom stereocenters. The van der Waals surface area contributed by atoms with E-state index in [-0.39, 0.29) is 12.4 Å². The van der Waals surface area contributed by atoms with E-state index in [2.05, 4.69) is 5.10 Å². The second-order valence-corrected chi connectivity index (χ2v) is 2.82. The smallest absolute Gasteiger partial charge is 0.0648 e. The van der Waals surface area contributed by atoms with Gasteiger partial charge < -0.3 is 5.73 Å². The van der Waals surface area contributed by atoms with Gasteiger partial charge in [0, 0.05) is 18.9 Å². The van der Waals surface area contributed by atoms with Gasteiger partial charge in [0.25, 0.3) is 0 Å². The summed E-state index contributed by atoms with van der Waals surface area (Å²) in [5.41, 5.74) is 7.71. The quantitative estimate of drug-likeness (QED) is 0.819. The lowest BCUT2D eigenvalue weighted by Gasteiger charge is -2.02. The molecule has 0 fully saturated rings. The van der Waals surface area contributed by atoms with Crippen molar-refractivity contribution in [2.24, 2.45) is 5.73 Å². The van der Waals surface area contributed by atoms with Crippen LogP contribution in [-0.4, -0.2) is 9.78 Å². The molecule has 74 valence electrons. The van der Waals surface area contributed by atoms with Crippen LogP contribution in [0.2, 0.25) is 0 Å². The molecular formula is C10H12ClN3. The second-order valence-electron chi connectivity index (χ2n) is 2.82. The van der Waals surface area contributed by atoms with Gasteiger partial charge in [-0.3, -0.25) is 0 Å². The Balaban J connectivity index is 0.000000980. The van der Waals surface area contributed by atoms with Crippen molar-refractivity contribution in [1.82, 2.24) is 9.78 Å². The number of benzene rings is 1. The number of hydrogen-bond acceptors (Lipinski definition) is 2. The summed E-state index contributed by atoms with van der Waals surface area (Å²) in [6.45, 7) is 0.565. The molecule has 1 heterocycles. The van der Waals surface area contributed by atoms with Gasteiger partial charge in [-0.1, -0.05) is 12.1 Å². The van der Waals surface area contributed by atoms with Gasteiger partial charge in [0.05, 0.1) is 5.69 Å². The Bertz CT molecular complexity index is 384. The third-order valence-electron chi connectivity index (χ3n) is 1.92. The first-order valence-electron chi connectivity index (χ1n) is 4.19. The Hall–Kier alpha value is -1.32. The Morgan fingerprint density at radius 1 is 1.29 bits per heavy atom. The fourth-order valence-corrected chi connectivity index (χ4v) is 1.25. The van der Waals surface area contributed by atoms with Gasteiger partial charge in [-0.25, -0.2) is 4.68 Å².